The van der Waals surface area contributed by atoms with Crippen LogP contribution in [-0.2, 0) is 68.8 Å². The first-order valence-electron chi connectivity index (χ1n) is 21.8. The number of rotatable bonds is 12. The number of hydroxylamine groups is 2. The molecule has 8 atom stereocenters. The second kappa shape index (κ2) is 16.5. The standard InChI is InChI=1S/C48H55N3O11/c1-46(2,3)59-38(54)22-21-34(28-52)49-43(55)35-19-11-23-50(35)45(57)48-26-37-39-40(61-47(60-39)24-31-14-5-6-15-32(31)25-47)42(48)62-51(41(48)44(56)58-37)27-33-16-7-4-12-29(33)17-10-18-30-13-8-9-20-36(30)53/h4-10,12-17,20,34-35,37,39-42,52-53H,11,18-19,21-28H2,1-3H3,(H,49,55)/t34-,35+,37+,39-,40-,41-,42+,48-/m0/s1. The van der Waals surface area contributed by atoms with Crippen molar-refractivity contribution in [3.05, 3.63) is 107 Å². The summed E-state index contributed by atoms with van der Waals surface area (Å²) in [6, 6.07) is 20.2. The number of allylic oxidation sites excluding steroid dienone is 1. The van der Waals surface area contributed by atoms with Crippen LogP contribution < -0.4 is 5.32 Å². The fourth-order valence-electron chi connectivity index (χ4n) is 10.5. The summed E-state index contributed by atoms with van der Waals surface area (Å²) in [6.45, 7) is 5.31. The molecule has 328 valence electrons. The first kappa shape index (κ1) is 42.2. The highest BCUT2D eigenvalue weighted by Crippen LogP contribution is 2.59. The summed E-state index contributed by atoms with van der Waals surface area (Å²) in [4.78, 5) is 65.1. The third-order valence-electron chi connectivity index (χ3n) is 13.2. The number of para-hydroxylation sites is 1. The number of amides is 2. The van der Waals surface area contributed by atoms with Gasteiger partial charge in [0.1, 0.15) is 47.2 Å². The van der Waals surface area contributed by atoms with Crippen LogP contribution in [0.2, 0.25) is 0 Å². The van der Waals surface area contributed by atoms with E-state index in [9.17, 15) is 24.6 Å². The molecular formula is C48H55N3O11. The molecule has 4 heterocycles. The summed E-state index contributed by atoms with van der Waals surface area (Å²) in [6.07, 6.45) is 3.36. The zero-order valence-electron chi connectivity index (χ0n) is 35.4. The van der Waals surface area contributed by atoms with E-state index in [4.69, 9.17) is 23.8 Å². The predicted molar refractivity (Wildman–Crippen MR) is 224 cm³/mol. The van der Waals surface area contributed by atoms with Gasteiger partial charge in [0.15, 0.2) is 11.8 Å². The lowest BCUT2D eigenvalue weighted by Crippen LogP contribution is -2.70. The van der Waals surface area contributed by atoms with Crippen molar-refractivity contribution < 1.29 is 53.2 Å². The van der Waals surface area contributed by atoms with Crippen LogP contribution in [0.3, 0.4) is 0 Å². The van der Waals surface area contributed by atoms with Gasteiger partial charge in [-0.1, -0.05) is 78.9 Å². The summed E-state index contributed by atoms with van der Waals surface area (Å²) in [5, 5.41) is 25.0. The van der Waals surface area contributed by atoms with Gasteiger partial charge >= 0.3 is 11.9 Å². The number of hydrogen-bond donors (Lipinski definition) is 3. The van der Waals surface area contributed by atoms with Crippen molar-refractivity contribution in [2.45, 2.75) is 133 Å². The van der Waals surface area contributed by atoms with Gasteiger partial charge < -0.3 is 39.4 Å². The zero-order chi connectivity index (χ0) is 43.4. The molecule has 1 spiro atoms. The number of aliphatic hydroxyl groups is 1. The highest BCUT2D eigenvalue weighted by atomic mass is 16.8. The van der Waals surface area contributed by atoms with Crippen molar-refractivity contribution in [2.24, 2.45) is 5.41 Å². The quantitative estimate of drug-likeness (QED) is 0.221. The molecule has 4 aliphatic heterocycles. The Bertz CT molecular complexity index is 2230. The number of nitrogens with one attached hydrogen (secondary N) is 1. The van der Waals surface area contributed by atoms with Crippen molar-refractivity contribution in [3.8, 4) is 5.75 Å². The molecular weight excluding hydrogens is 795 g/mol. The topological polar surface area (TPSA) is 173 Å². The number of likely N-dealkylation sites (tertiary alicyclic amines) is 1. The molecule has 62 heavy (non-hydrogen) atoms. The Hall–Kier alpha value is -5.12. The lowest BCUT2D eigenvalue weighted by atomic mass is 9.62. The molecule has 4 saturated heterocycles. The average molecular weight is 850 g/mol. The smallest absolute Gasteiger partial charge is 0.327 e. The maximum Gasteiger partial charge on any atom is 0.327 e. The summed E-state index contributed by atoms with van der Waals surface area (Å²) in [7, 11) is 0. The summed E-state index contributed by atoms with van der Waals surface area (Å²) in [5.41, 5.74) is 2.53. The van der Waals surface area contributed by atoms with Crippen LogP contribution in [0.1, 0.15) is 80.7 Å². The minimum Gasteiger partial charge on any atom is -0.508 e. The van der Waals surface area contributed by atoms with E-state index < -0.39 is 89.7 Å². The molecule has 14 nitrogen and oxygen atoms in total. The number of phenols is 1. The molecule has 2 amide bonds. The van der Waals surface area contributed by atoms with Gasteiger partial charge in [-0.25, -0.2) is 0 Å². The average Bonchev–Trinajstić information content (AvgIpc) is 4.03. The van der Waals surface area contributed by atoms with Crippen molar-refractivity contribution in [3.63, 3.8) is 0 Å². The van der Waals surface area contributed by atoms with E-state index in [1.807, 2.05) is 60.7 Å². The highest BCUT2D eigenvalue weighted by molar-refractivity contribution is 5.96. The lowest BCUT2D eigenvalue weighted by molar-refractivity contribution is -0.218. The number of hydrogen-bond acceptors (Lipinski definition) is 12. The van der Waals surface area contributed by atoms with Gasteiger partial charge in [-0.3, -0.25) is 24.0 Å². The number of nitrogens with zero attached hydrogens (tertiary/aromatic N) is 2. The van der Waals surface area contributed by atoms with Crippen molar-refractivity contribution >= 4 is 29.8 Å². The van der Waals surface area contributed by atoms with Crippen LogP contribution in [0, 0.1) is 5.41 Å². The lowest BCUT2D eigenvalue weighted by Gasteiger charge is -2.50. The van der Waals surface area contributed by atoms with Crippen LogP contribution in [0.5, 0.6) is 5.75 Å². The molecule has 3 N–H and O–H groups in total. The highest BCUT2D eigenvalue weighted by Gasteiger charge is 2.77. The number of benzene rings is 3. The van der Waals surface area contributed by atoms with Gasteiger partial charge in [0.2, 0.25) is 11.8 Å². The molecule has 2 aliphatic carbocycles. The fraction of sp³-hybridized carbons (Fsp3) is 0.500. The van der Waals surface area contributed by atoms with E-state index in [2.05, 4.69) is 17.4 Å². The second-order valence-corrected chi connectivity index (χ2v) is 18.5. The van der Waals surface area contributed by atoms with E-state index in [0.29, 0.717) is 32.1 Å². The first-order valence-corrected chi connectivity index (χ1v) is 21.8. The van der Waals surface area contributed by atoms with Crippen LogP contribution in [0.15, 0.2) is 78.9 Å². The predicted octanol–water partition coefficient (Wildman–Crippen LogP) is 4.32. The van der Waals surface area contributed by atoms with Gasteiger partial charge in [0.25, 0.3) is 0 Å². The van der Waals surface area contributed by atoms with Crippen LogP contribution >= 0.6 is 0 Å². The SMILES string of the molecule is CC(C)(C)OC(=O)CC[C@@H](CO)NC(=O)[C@H]1CCCN1C(=O)[C@@]12C[C@H]3OC(=O)[C@@H]1N(Cc1ccccc1C=CCc1ccccc1O)O[C@@H]2[C@H]1OC2(Cc4ccccc4C2)O[C@H]13. The monoisotopic (exact) mass is 849 g/mol. The van der Waals surface area contributed by atoms with Crippen molar-refractivity contribution in [2.75, 3.05) is 13.2 Å². The third-order valence-corrected chi connectivity index (χ3v) is 13.2. The molecule has 0 radical (unpaired) electrons. The number of esters is 2. The second-order valence-electron chi connectivity index (χ2n) is 18.5. The minimum atomic E-state index is -1.49. The Morgan fingerprint density at radius 3 is 2.39 bits per heavy atom. The Kier molecular flexibility index (Phi) is 11.3. The number of carbonyl (C=O) groups is 4. The van der Waals surface area contributed by atoms with E-state index >= 15 is 4.79 Å². The zero-order valence-corrected chi connectivity index (χ0v) is 35.4. The molecule has 2 bridgehead atoms. The maximum atomic E-state index is 15.6. The number of phenolic OH excluding ortho intramolecular Hbond substituents is 1. The van der Waals surface area contributed by atoms with Gasteiger partial charge in [0, 0.05) is 32.2 Å². The summed E-state index contributed by atoms with van der Waals surface area (Å²) in [5.74, 6) is -2.70. The molecule has 9 rings (SSSR count). The minimum absolute atomic E-state index is 0.00797. The normalized spacial score (nSPS) is 28.8. The van der Waals surface area contributed by atoms with Gasteiger partial charge in [-0.15, -0.1) is 0 Å². The molecule has 3 aromatic rings. The molecule has 0 unspecified atom stereocenters. The van der Waals surface area contributed by atoms with Gasteiger partial charge in [0.05, 0.1) is 19.2 Å². The van der Waals surface area contributed by atoms with Crippen molar-refractivity contribution in [1.29, 1.82) is 0 Å². The summed E-state index contributed by atoms with van der Waals surface area (Å²) < 4.78 is 25.4. The number of fused-ring (bicyclic) bond motifs is 5. The molecule has 3 aromatic carbocycles. The number of aromatic hydroxyl groups is 1. The van der Waals surface area contributed by atoms with Crippen molar-refractivity contribution in [1.82, 2.24) is 15.3 Å². The number of ether oxygens (including phenoxy) is 4. The Balaban J connectivity index is 1.01. The van der Waals surface area contributed by atoms with E-state index in [1.54, 1.807) is 42.9 Å². The van der Waals surface area contributed by atoms with E-state index in [-0.39, 0.29) is 38.1 Å². The maximum absolute atomic E-state index is 15.6. The van der Waals surface area contributed by atoms with Gasteiger partial charge in [-0.2, -0.15) is 5.06 Å². The molecule has 6 aliphatic rings. The van der Waals surface area contributed by atoms with E-state index in [0.717, 1.165) is 27.8 Å². The van der Waals surface area contributed by atoms with Crippen LogP contribution in [-0.4, -0.2) is 111 Å². The largest absolute Gasteiger partial charge is 0.508 e. The Morgan fingerprint density at radius 2 is 1.66 bits per heavy atom. The molecule has 14 heteroatoms. The number of carbonyl (C=O) groups excluding carboxylic acids is 4. The Labute approximate surface area is 361 Å². The first-order chi connectivity index (χ1) is 29.8. The van der Waals surface area contributed by atoms with Gasteiger partial charge in [-0.05, 0) is 80.3 Å². The third kappa shape index (κ3) is 7.80. The van der Waals surface area contributed by atoms with Crippen LogP contribution in [0.25, 0.3) is 6.08 Å². The molecule has 0 aromatic heterocycles. The number of aliphatic hydroxyl groups excluding tert-OH is 1. The van der Waals surface area contributed by atoms with E-state index in [1.165, 1.54) is 0 Å². The fourth-order valence-corrected chi connectivity index (χ4v) is 10.5. The Morgan fingerprint density at radius 1 is 0.968 bits per heavy atom. The van der Waals surface area contributed by atoms with Crippen LogP contribution in [0.4, 0.5) is 0 Å². The summed E-state index contributed by atoms with van der Waals surface area (Å²) >= 11 is 0. The molecule has 1 saturated carbocycles. The molecule has 5 fully saturated rings.